The average Bonchev–Trinajstić information content (AvgIpc) is 2.82. The van der Waals surface area contributed by atoms with Gasteiger partial charge < -0.3 is 5.73 Å². The zero-order chi connectivity index (χ0) is 13.2. The van der Waals surface area contributed by atoms with Crippen LogP contribution in [-0.4, -0.2) is 9.97 Å². The molecule has 1 aliphatic carbocycles. The Morgan fingerprint density at radius 2 is 2.00 bits per heavy atom. The number of fused-ring (bicyclic) bond motifs is 1. The number of anilines is 1. The van der Waals surface area contributed by atoms with Crippen LogP contribution in [0, 0.1) is 6.92 Å². The SMILES string of the molecule is Cc1cc(N)nc(SCc2ccc3c(c2)CCC3)n1. The van der Waals surface area contributed by atoms with Crippen LogP contribution in [0.4, 0.5) is 5.82 Å². The molecule has 19 heavy (non-hydrogen) atoms. The van der Waals surface area contributed by atoms with Crippen LogP contribution in [0.3, 0.4) is 0 Å². The standard InChI is InChI=1S/C15H17N3S/c1-10-7-14(16)18-15(17-10)19-9-11-5-6-12-3-2-4-13(12)8-11/h5-8H,2-4,9H2,1H3,(H2,16,17,18). The van der Waals surface area contributed by atoms with Gasteiger partial charge in [0.1, 0.15) is 5.82 Å². The number of benzene rings is 1. The van der Waals surface area contributed by atoms with Crippen LogP contribution >= 0.6 is 11.8 Å². The van der Waals surface area contributed by atoms with Crippen molar-refractivity contribution in [1.82, 2.24) is 9.97 Å². The Hall–Kier alpha value is -1.55. The number of nitrogens with two attached hydrogens (primary N) is 1. The van der Waals surface area contributed by atoms with Crippen LogP contribution in [0.25, 0.3) is 0 Å². The van der Waals surface area contributed by atoms with E-state index in [1.165, 1.54) is 36.0 Å². The summed E-state index contributed by atoms with van der Waals surface area (Å²) in [5, 5.41) is 0.762. The van der Waals surface area contributed by atoms with Gasteiger partial charge in [0.2, 0.25) is 0 Å². The average molecular weight is 271 g/mol. The lowest BCUT2D eigenvalue weighted by molar-refractivity contribution is 0.911. The molecular formula is C15H17N3S. The first-order valence-corrected chi connectivity index (χ1v) is 7.54. The lowest BCUT2D eigenvalue weighted by atomic mass is 10.1. The third-order valence-electron chi connectivity index (χ3n) is 3.38. The molecule has 1 aromatic carbocycles. The molecule has 1 aliphatic rings. The molecule has 0 unspecified atom stereocenters. The Morgan fingerprint density at radius 1 is 1.16 bits per heavy atom. The van der Waals surface area contributed by atoms with Gasteiger partial charge in [-0.3, -0.25) is 0 Å². The van der Waals surface area contributed by atoms with Crippen molar-refractivity contribution in [2.45, 2.75) is 37.1 Å². The van der Waals surface area contributed by atoms with E-state index < -0.39 is 0 Å². The van der Waals surface area contributed by atoms with Crippen molar-refractivity contribution in [2.24, 2.45) is 0 Å². The van der Waals surface area contributed by atoms with E-state index in [0.717, 1.165) is 16.6 Å². The molecule has 1 aromatic heterocycles. The number of aromatic nitrogens is 2. The maximum Gasteiger partial charge on any atom is 0.190 e. The van der Waals surface area contributed by atoms with Gasteiger partial charge >= 0.3 is 0 Å². The highest BCUT2D eigenvalue weighted by Gasteiger charge is 2.11. The lowest BCUT2D eigenvalue weighted by Crippen LogP contribution is -1.97. The second-order valence-corrected chi connectivity index (χ2v) is 5.90. The van der Waals surface area contributed by atoms with E-state index in [1.807, 2.05) is 6.92 Å². The van der Waals surface area contributed by atoms with E-state index >= 15 is 0 Å². The number of aryl methyl sites for hydroxylation is 3. The van der Waals surface area contributed by atoms with Crippen molar-refractivity contribution in [1.29, 1.82) is 0 Å². The van der Waals surface area contributed by atoms with Crippen LogP contribution in [0.2, 0.25) is 0 Å². The molecule has 1 heterocycles. The van der Waals surface area contributed by atoms with Crippen LogP contribution < -0.4 is 5.73 Å². The quantitative estimate of drug-likeness (QED) is 0.688. The third kappa shape index (κ3) is 2.89. The van der Waals surface area contributed by atoms with Crippen LogP contribution in [0.5, 0.6) is 0 Å². The van der Waals surface area contributed by atoms with E-state index in [1.54, 1.807) is 17.8 Å². The van der Waals surface area contributed by atoms with Gasteiger partial charge in [0.25, 0.3) is 0 Å². The number of thioether (sulfide) groups is 1. The molecule has 98 valence electrons. The molecule has 0 atom stereocenters. The molecule has 0 bridgehead atoms. The van der Waals surface area contributed by atoms with Crippen LogP contribution in [0.1, 0.15) is 28.8 Å². The van der Waals surface area contributed by atoms with E-state index in [-0.39, 0.29) is 0 Å². The Labute approximate surface area is 117 Å². The monoisotopic (exact) mass is 271 g/mol. The molecule has 2 aromatic rings. The minimum absolute atomic E-state index is 0.545. The predicted octanol–water partition coefficient (Wildman–Crippen LogP) is 3.15. The smallest absolute Gasteiger partial charge is 0.190 e. The van der Waals surface area contributed by atoms with Crippen molar-refractivity contribution in [3.8, 4) is 0 Å². The van der Waals surface area contributed by atoms with Crippen molar-refractivity contribution >= 4 is 17.6 Å². The molecular weight excluding hydrogens is 254 g/mol. The van der Waals surface area contributed by atoms with Crippen molar-refractivity contribution in [3.63, 3.8) is 0 Å². The van der Waals surface area contributed by atoms with Crippen molar-refractivity contribution < 1.29 is 0 Å². The van der Waals surface area contributed by atoms with E-state index in [9.17, 15) is 0 Å². The maximum atomic E-state index is 5.74. The van der Waals surface area contributed by atoms with Crippen molar-refractivity contribution in [2.75, 3.05) is 5.73 Å². The molecule has 0 spiro atoms. The first kappa shape index (κ1) is 12.5. The van der Waals surface area contributed by atoms with E-state index in [4.69, 9.17) is 5.73 Å². The summed E-state index contributed by atoms with van der Waals surface area (Å²) in [5.41, 5.74) is 11.0. The fraction of sp³-hybridized carbons (Fsp3) is 0.333. The Bertz CT molecular complexity index is 590. The predicted molar refractivity (Wildman–Crippen MR) is 79.2 cm³/mol. The van der Waals surface area contributed by atoms with Gasteiger partial charge in [-0.1, -0.05) is 30.0 Å². The lowest BCUT2D eigenvalue weighted by Gasteiger charge is -2.05. The summed E-state index contributed by atoms with van der Waals surface area (Å²) < 4.78 is 0. The molecule has 0 saturated heterocycles. The first-order chi connectivity index (χ1) is 9.20. The molecule has 0 aliphatic heterocycles. The topological polar surface area (TPSA) is 51.8 Å². The van der Waals surface area contributed by atoms with Crippen LogP contribution in [-0.2, 0) is 18.6 Å². The van der Waals surface area contributed by atoms with E-state index in [2.05, 4.69) is 28.2 Å². The zero-order valence-corrected chi connectivity index (χ0v) is 11.8. The Kier molecular flexibility index (Phi) is 3.42. The summed E-state index contributed by atoms with van der Waals surface area (Å²) in [6, 6.07) is 8.61. The summed E-state index contributed by atoms with van der Waals surface area (Å²) in [7, 11) is 0. The van der Waals surface area contributed by atoms with E-state index in [0.29, 0.717) is 5.82 Å². The second kappa shape index (κ2) is 5.21. The van der Waals surface area contributed by atoms with Crippen molar-refractivity contribution in [3.05, 3.63) is 46.6 Å². The highest BCUT2D eigenvalue weighted by molar-refractivity contribution is 7.98. The minimum Gasteiger partial charge on any atom is -0.384 e. The second-order valence-electron chi connectivity index (χ2n) is 4.96. The number of nitrogens with zero attached hydrogens (tertiary/aromatic N) is 2. The van der Waals surface area contributed by atoms with Crippen LogP contribution in [0.15, 0.2) is 29.4 Å². The normalized spacial score (nSPS) is 13.5. The number of hydrogen-bond donors (Lipinski definition) is 1. The Morgan fingerprint density at radius 3 is 2.84 bits per heavy atom. The van der Waals surface area contributed by atoms with Gasteiger partial charge in [0, 0.05) is 17.5 Å². The molecule has 2 N–H and O–H groups in total. The van der Waals surface area contributed by atoms with Gasteiger partial charge in [-0.15, -0.1) is 0 Å². The largest absolute Gasteiger partial charge is 0.384 e. The van der Waals surface area contributed by atoms with Gasteiger partial charge in [-0.25, -0.2) is 9.97 Å². The first-order valence-electron chi connectivity index (χ1n) is 6.55. The van der Waals surface area contributed by atoms with Gasteiger partial charge in [0.05, 0.1) is 0 Å². The molecule has 3 rings (SSSR count). The zero-order valence-electron chi connectivity index (χ0n) is 11.0. The number of rotatable bonds is 3. The molecule has 4 heteroatoms. The molecule has 0 fully saturated rings. The highest BCUT2D eigenvalue weighted by Crippen LogP contribution is 2.26. The fourth-order valence-electron chi connectivity index (χ4n) is 2.49. The molecule has 0 saturated carbocycles. The van der Waals surface area contributed by atoms with Gasteiger partial charge in [-0.2, -0.15) is 0 Å². The molecule has 0 amide bonds. The summed E-state index contributed by atoms with van der Waals surface area (Å²) in [6.07, 6.45) is 3.76. The van der Waals surface area contributed by atoms with Gasteiger partial charge in [-0.05, 0) is 42.9 Å². The highest BCUT2D eigenvalue weighted by atomic mass is 32.2. The number of nitrogen functional groups attached to an aromatic ring is 1. The molecule has 0 radical (unpaired) electrons. The molecule has 3 nitrogen and oxygen atoms in total. The maximum absolute atomic E-state index is 5.74. The van der Waals surface area contributed by atoms with Gasteiger partial charge in [0.15, 0.2) is 5.16 Å². The fourth-order valence-corrected chi connectivity index (χ4v) is 3.35. The number of hydrogen-bond acceptors (Lipinski definition) is 4. The Balaban J connectivity index is 1.72. The summed E-state index contributed by atoms with van der Waals surface area (Å²) in [5.74, 6) is 1.44. The summed E-state index contributed by atoms with van der Waals surface area (Å²) >= 11 is 1.65. The third-order valence-corrected chi connectivity index (χ3v) is 4.30. The minimum atomic E-state index is 0.545. The summed E-state index contributed by atoms with van der Waals surface area (Å²) in [6.45, 7) is 1.94. The summed E-state index contributed by atoms with van der Waals surface area (Å²) in [4.78, 5) is 8.64.